The minimum absolute atomic E-state index is 0.181. The molecule has 1 aromatic carbocycles. The number of nitrogens with zero attached hydrogens (tertiary/aromatic N) is 2. The van der Waals surface area contributed by atoms with Gasteiger partial charge in [0.1, 0.15) is 0 Å². The molecule has 2 rings (SSSR count). The second kappa shape index (κ2) is 11.9. The first-order valence-corrected chi connectivity index (χ1v) is 11.1. The van der Waals surface area contributed by atoms with Gasteiger partial charge in [0, 0.05) is 5.69 Å². The van der Waals surface area contributed by atoms with Crippen molar-refractivity contribution in [2.45, 2.75) is 32.2 Å². The third-order valence-electron chi connectivity index (χ3n) is 3.55. The average Bonchev–Trinajstić information content (AvgIpc) is 2.57. The molecule has 1 atom stereocenters. The van der Waals surface area contributed by atoms with Crippen LogP contribution in [0.25, 0.3) is 11.3 Å². The third-order valence-corrected chi connectivity index (χ3v) is 3.55. The van der Waals surface area contributed by atoms with Gasteiger partial charge in [-0.25, -0.2) is 0 Å². The molecule has 2 aromatic rings. The SMILES string of the molecule is CCCCC(c1cccc(-c2[c-]cccc2)n1)N(C)C.[Cl][Cr][Cl]. The predicted octanol–water partition coefficient (Wildman–Crippen LogP) is 5.72. The molecule has 0 aliphatic carbocycles. The summed E-state index contributed by atoms with van der Waals surface area (Å²) in [5.74, 6) is 0. The molecule has 0 spiro atoms. The summed E-state index contributed by atoms with van der Waals surface area (Å²) in [6, 6.07) is 17.9. The van der Waals surface area contributed by atoms with E-state index >= 15 is 0 Å². The van der Waals surface area contributed by atoms with Crippen molar-refractivity contribution in [3.8, 4) is 11.3 Å². The first-order chi connectivity index (χ1) is 11.1. The summed E-state index contributed by atoms with van der Waals surface area (Å²) in [7, 11) is 13.9. The van der Waals surface area contributed by atoms with Gasteiger partial charge in [0.2, 0.25) is 0 Å². The molecular weight excluding hydrogens is 367 g/mol. The third kappa shape index (κ3) is 7.25. The number of benzene rings is 1. The van der Waals surface area contributed by atoms with Gasteiger partial charge in [0.05, 0.1) is 6.04 Å². The first-order valence-electron chi connectivity index (χ1n) is 7.63. The Morgan fingerprint density at radius 1 is 1.17 bits per heavy atom. The molecule has 0 aliphatic heterocycles. The molecule has 5 heteroatoms. The van der Waals surface area contributed by atoms with E-state index in [0.29, 0.717) is 6.04 Å². The van der Waals surface area contributed by atoms with Crippen LogP contribution in [0.3, 0.4) is 0 Å². The predicted molar refractivity (Wildman–Crippen MR) is 96.2 cm³/mol. The summed E-state index contributed by atoms with van der Waals surface area (Å²) in [6.07, 6.45) is 3.60. The number of hydrogen-bond acceptors (Lipinski definition) is 2. The van der Waals surface area contributed by atoms with Crippen molar-refractivity contribution in [2.24, 2.45) is 0 Å². The monoisotopic (exact) mass is 389 g/mol. The van der Waals surface area contributed by atoms with Crippen molar-refractivity contribution in [1.82, 2.24) is 9.88 Å². The molecule has 0 saturated carbocycles. The second-order valence-corrected chi connectivity index (χ2v) is 7.51. The number of hydrogen-bond donors (Lipinski definition) is 0. The van der Waals surface area contributed by atoms with Gasteiger partial charge in [-0.2, -0.15) is 0 Å². The fraction of sp³-hybridized carbons (Fsp3) is 0.389. The van der Waals surface area contributed by atoms with E-state index in [1.54, 1.807) is 0 Å². The molecule has 1 heterocycles. The maximum absolute atomic E-state index is 4.84. The van der Waals surface area contributed by atoms with Crippen molar-refractivity contribution in [2.75, 3.05) is 14.1 Å². The molecule has 126 valence electrons. The van der Waals surface area contributed by atoms with E-state index in [2.05, 4.69) is 56.3 Å². The fourth-order valence-electron chi connectivity index (χ4n) is 2.41. The van der Waals surface area contributed by atoms with Crippen LogP contribution in [-0.4, -0.2) is 24.0 Å². The van der Waals surface area contributed by atoms with E-state index in [1.807, 2.05) is 18.2 Å². The van der Waals surface area contributed by atoms with E-state index in [-0.39, 0.29) is 13.4 Å². The molecule has 1 unspecified atom stereocenters. The van der Waals surface area contributed by atoms with Crippen LogP contribution in [0.5, 0.6) is 0 Å². The zero-order valence-corrected chi connectivity index (χ0v) is 16.6. The minimum atomic E-state index is -0.181. The molecule has 23 heavy (non-hydrogen) atoms. The van der Waals surface area contributed by atoms with E-state index in [0.717, 1.165) is 23.4 Å². The van der Waals surface area contributed by atoms with Gasteiger partial charge in [-0.1, -0.05) is 31.9 Å². The first kappa shape index (κ1) is 20.5. The summed E-state index contributed by atoms with van der Waals surface area (Å²) >= 11 is -0.181. The van der Waals surface area contributed by atoms with Crippen molar-refractivity contribution in [1.29, 1.82) is 0 Å². The van der Waals surface area contributed by atoms with E-state index in [1.165, 1.54) is 12.8 Å². The molecule has 0 N–H and O–H groups in total. The van der Waals surface area contributed by atoms with Crippen molar-refractivity contribution in [3.05, 3.63) is 54.2 Å². The van der Waals surface area contributed by atoms with Gasteiger partial charge >= 0.3 is 33.5 Å². The molecule has 2 nitrogen and oxygen atoms in total. The summed E-state index contributed by atoms with van der Waals surface area (Å²) in [5.41, 5.74) is 3.21. The summed E-state index contributed by atoms with van der Waals surface area (Å²) in [4.78, 5) is 7.10. The topological polar surface area (TPSA) is 16.1 Å². The number of rotatable bonds is 6. The zero-order chi connectivity index (χ0) is 17.1. The van der Waals surface area contributed by atoms with Crippen LogP contribution in [0.15, 0.2) is 42.5 Å². The van der Waals surface area contributed by atoms with Crippen molar-refractivity contribution >= 4 is 20.1 Å². The Bertz CT molecular complexity index is 550. The van der Waals surface area contributed by atoms with Crippen LogP contribution in [-0.2, 0) is 13.4 Å². The van der Waals surface area contributed by atoms with E-state index in [4.69, 9.17) is 25.1 Å². The van der Waals surface area contributed by atoms with E-state index in [9.17, 15) is 0 Å². The second-order valence-electron chi connectivity index (χ2n) is 5.40. The number of halogens is 2. The standard InChI is InChI=1S/C18H23N2.2ClH.Cr/c1-4-5-14-18(20(2)3)17-13-9-12-16(19-17)15-10-7-6-8-11-15;;;/h6-10,12-13,18H,4-5,14H2,1-3H3;2*1H;/q-1;;;+2/p-2. The van der Waals surface area contributed by atoms with Gasteiger partial charge in [-0.15, -0.1) is 35.9 Å². The van der Waals surface area contributed by atoms with Crippen molar-refractivity contribution < 1.29 is 13.4 Å². The van der Waals surface area contributed by atoms with Crippen LogP contribution in [0.2, 0.25) is 0 Å². The normalized spacial score (nSPS) is 11.7. The van der Waals surface area contributed by atoms with Crippen LogP contribution in [0.1, 0.15) is 37.9 Å². The van der Waals surface area contributed by atoms with Crippen LogP contribution in [0.4, 0.5) is 0 Å². The Hall–Kier alpha value is -0.558. The van der Waals surface area contributed by atoms with Crippen molar-refractivity contribution in [3.63, 3.8) is 0 Å². The molecule has 0 fully saturated rings. The molecule has 0 radical (unpaired) electrons. The molecule has 0 bridgehead atoms. The number of pyridine rings is 1. The maximum atomic E-state index is 4.84. The summed E-state index contributed by atoms with van der Waals surface area (Å²) in [5, 5.41) is 0. The van der Waals surface area contributed by atoms with Gasteiger partial charge in [-0.3, -0.25) is 4.98 Å². The Balaban J connectivity index is 0.000000816. The number of unbranched alkanes of at least 4 members (excludes halogenated alkanes) is 1. The Kier molecular flexibility index (Phi) is 10.6. The molecule has 1 aromatic heterocycles. The zero-order valence-electron chi connectivity index (χ0n) is 13.8. The van der Waals surface area contributed by atoms with Gasteiger partial charge in [0.25, 0.3) is 0 Å². The van der Waals surface area contributed by atoms with Crippen LogP contribution >= 0.6 is 20.1 Å². The summed E-state index contributed by atoms with van der Waals surface area (Å²) in [6.45, 7) is 2.23. The Morgan fingerprint density at radius 3 is 2.48 bits per heavy atom. The summed E-state index contributed by atoms with van der Waals surface area (Å²) < 4.78 is 0. The Labute approximate surface area is 155 Å². The quantitative estimate of drug-likeness (QED) is 0.587. The van der Waals surface area contributed by atoms with E-state index < -0.39 is 0 Å². The molecule has 0 aliphatic rings. The van der Waals surface area contributed by atoms with Gasteiger partial charge < -0.3 is 4.90 Å². The fourth-order valence-corrected chi connectivity index (χ4v) is 2.41. The Morgan fingerprint density at radius 2 is 1.91 bits per heavy atom. The van der Waals surface area contributed by atoms with Gasteiger partial charge in [0.15, 0.2) is 0 Å². The van der Waals surface area contributed by atoms with Crippen LogP contribution in [0, 0.1) is 6.07 Å². The number of aromatic nitrogens is 1. The average molecular weight is 390 g/mol. The molecule has 0 saturated heterocycles. The molecule has 0 amide bonds. The molecular formula is C18H23Cl2CrN2-. The van der Waals surface area contributed by atoms with Gasteiger partial charge in [-0.05, 0) is 32.3 Å². The van der Waals surface area contributed by atoms with Crippen LogP contribution < -0.4 is 0 Å².